The van der Waals surface area contributed by atoms with Gasteiger partial charge in [0.05, 0.1) is 4.90 Å². The smallest absolute Gasteiger partial charge is 0.240 e. The summed E-state index contributed by atoms with van der Waals surface area (Å²) in [6.07, 6.45) is 0. The van der Waals surface area contributed by atoms with Crippen LogP contribution in [0.15, 0.2) is 29.2 Å². The van der Waals surface area contributed by atoms with E-state index in [4.69, 9.17) is 5.11 Å². The van der Waals surface area contributed by atoms with Gasteiger partial charge in [0.2, 0.25) is 10.0 Å². The normalized spacial score (nSPS) is 15.1. The van der Waals surface area contributed by atoms with E-state index in [0.29, 0.717) is 0 Å². The molecule has 0 saturated heterocycles. The second-order valence-electron chi connectivity index (χ2n) is 4.32. The van der Waals surface area contributed by atoms with Gasteiger partial charge in [-0.1, -0.05) is 6.92 Å². The molecule has 0 fully saturated rings. The van der Waals surface area contributed by atoms with Crippen molar-refractivity contribution in [2.24, 2.45) is 5.92 Å². The van der Waals surface area contributed by atoms with E-state index in [1.165, 1.54) is 7.05 Å². The summed E-state index contributed by atoms with van der Waals surface area (Å²) in [5, 5.41) is 12.3. The highest BCUT2D eigenvalue weighted by Gasteiger charge is 2.13. The third kappa shape index (κ3) is 3.69. The van der Waals surface area contributed by atoms with Crippen LogP contribution in [0, 0.1) is 5.92 Å². The average molecular weight is 272 g/mol. The molecule has 0 aliphatic carbocycles. The topological polar surface area (TPSA) is 78.4 Å². The minimum Gasteiger partial charge on any atom is -0.396 e. The van der Waals surface area contributed by atoms with Gasteiger partial charge < -0.3 is 10.4 Å². The lowest BCUT2D eigenvalue weighted by atomic mass is 10.1. The van der Waals surface area contributed by atoms with Crippen LogP contribution in [0.4, 0.5) is 5.69 Å². The van der Waals surface area contributed by atoms with Gasteiger partial charge >= 0.3 is 0 Å². The number of rotatable bonds is 6. The summed E-state index contributed by atoms with van der Waals surface area (Å²) in [6, 6.07) is 6.63. The van der Waals surface area contributed by atoms with Crippen LogP contribution >= 0.6 is 0 Å². The first kappa shape index (κ1) is 14.9. The van der Waals surface area contributed by atoms with Gasteiger partial charge in [-0.15, -0.1) is 0 Å². The Morgan fingerprint density at radius 3 is 2.22 bits per heavy atom. The zero-order valence-electron chi connectivity index (χ0n) is 10.8. The molecule has 5 nitrogen and oxygen atoms in total. The molecule has 0 radical (unpaired) electrons. The quantitative estimate of drug-likeness (QED) is 0.722. The standard InChI is InChI=1S/C12H20N2O3S/c1-9(8-15)10(2)14-11-4-6-12(7-5-11)18(16,17)13-3/h4-7,9-10,13-15H,8H2,1-3H3. The number of aliphatic hydroxyl groups is 1. The molecule has 18 heavy (non-hydrogen) atoms. The van der Waals surface area contributed by atoms with Crippen molar-refractivity contribution in [3.05, 3.63) is 24.3 Å². The van der Waals surface area contributed by atoms with Crippen LogP contribution in [0.5, 0.6) is 0 Å². The highest BCUT2D eigenvalue weighted by atomic mass is 32.2. The first-order chi connectivity index (χ1) is 8.40. The Morgan fingerprint density at radius 1 is 1.22 bits per heavy atom. The van der Waals surface area contributed by atoms with E-state index in [2.05, 4.69) is 10.0 Å². The highest BCUT2D eigenvalue weighted by Crippen LogP contribution is 2.16. The number of sulfonamides is 1. The predicted octanol–water partition coefficient (Wildman–Crippen LogP) is 1.02. The highest BCUT2D eigenvalue weighted by molar-refractivity contribution is 7.89. The number of hydrogen-bond acceptors (Lipinski definition) is 4. The van der Waals surface area contributed by atoms with Gasteiger partial charge in [-0.05, 0) is 44.2 Å². The van der Waals surface area contributed by atoms with E-state index in [9.17, 15) is 8.42 Å². The van der Waals surface area contributed by atoms with Crippen molar-refractivity contribution in [1.29, 1.82) is 0 Å². The van der Waals surface area contributed by atoms with Gasteiger partial charge in [0, 0.05) is 18.3 Å². The lowest BCUT2D eigenvalue weighted by Crippen LogP contribution is -2.26. The average Bonchev–Trinajstić information content (AvgIpc) is 2.38. The number of hydrogen-bond donors (Lipinski definition) is 3. The van der Waals surface area contributed by atoms with Crippen LogP contribution in [-0.4, -0.2) is 33.2 Å². The van der Waals surface area contributed by atoms with Crippen molar-refractivity contribution in [1.82, 2.24) is 4.72 Å². The molecular weight excluding hydrogens is 252 g/mol. The molecule has 2 atom stereocenters. The fourth-order valence-corrected chi connectivity index (χ4v) is 2.14. The molecule has 0 heterocycles. The van der Waals surface area contributed by atoms with Crippen molar-refractivity contribution in [2.75, 3.05) is 19.0 Å². The van der Waals surface area contributed by atoms with E-state index in [0.717, 1.165) is 5.69 Å². The number of benzene rings is 1. The fourth-order valence-electron chi connectivity index (χ4n) is 1.41. The molecule has 0 saturated carbocycles. The second-order valence-corrected chi connectivity index (χ2v) is 6.21. The summed E-state index contributed by atoms with van der Waals surface area (Å²) < 4.78 is 25.3. The molecule has 0 spiro atoms. The van der Waals surface area contributed by atoms with Gasteiger partial charge in [0.15, 0.2) is 0 Å². The maximum Gasteiger partial charge on any atom is 0.240 e. The molecule has 2 unspecified atom stereocenters. The van der Waals surface area contributed by atoms with E-state index in [1.807, 2.05) is 13.8 Å². The monoisotopic (exact) mass is 272 g/mol. The molecular formula is C12H20N2O3S. The summed E-state index contributed by atoms with van der Waals surface area (Å²) in [5.41, 5.74) is 0.831. The minimum atomic E-state index is -3.38. The van der Waals surface area contributed by atoms with Crippen LogP contribution < -0.4 is 10.0 Å². The van der Waals surface area contributed by atoms with Crippen LogP contribution in [-0.2, 0) is 10.0 Å². The van der Waals surface area contributed by atoms with E-state index >= 15 is 0 Å². The van der Waals surface area contributed by atoms with Gasteiger partial charge in [-0.3, -0.25) is 0 Å². The van der Waals surface area contributed by atoms with Gasteiger partial charge in [-0.25, -0.2) is 13.1 Å². The third-order valence-corrected chi connectivity index (χ3v) is 4.40. The first-order valence-corrected chi connectivity index (χ1v) is 7.30. The third-order valence-electron chi connectivity index (χ3n) is 2.97. The summed E-state index contributed by atoms with van der Waals surface area (Å²) >= 11 is 0. The van der Waals surface area contributed by atoms with Gasteiger partial charge in [-0.2, -0.15) is 0 Å². The summed E-state index contributed by atoms with van der Waals surface area (Å²) in [7, 11) is -2.00. The van der Waals surface area contributed by atoms with Gasteiger partial charge in [0.25, 0.3) is 0 Å². The Morgan fingerprint density at radius 2 is 1.78 bits per heavy atom. The number of aliphatic hydroxyl groups excluding tert-OH is 1. The Balaban J connectivity index is 2.78. The van der Waals surface area contributed by atoms with E-state index in [1.54, 1.807) is 24.3 Å². The summed E-state index contributed by atoms with van der Waals surface area (Å²) in [6.45, 7) is 4.02. The number of anilines is 1. The summed E-state index contributed by atoms with van der Waals surface area (Å²) in [4.78, 5) is 0.235. The Kier molecular flexibility index (Phi) is 5.13. The molecule has 1 aromatic rings. The predicted molar refractivity (Wildman–Crippen MR) is 72.0 cm³/mol. The maximum atomic E-state index is 11.5. The molecule has 1 aromatic carbocycles. The molecule has 102 valence electrons. The molecule has 0 aromatic heterocycles. The Labute approximate surface area is 108 Å². The largest absolute Gasteiger partial charge is 0.396 e. The number of nitrogens with one attached hydrogen (secondary N) is 2. The van der Waals surface area contributed by atoms with Crippen molar-refractivity contribution in [2.45, 2.75) is 24.8 Å². The lowest BCUT2D eigenvalue weighted by Gasteiger charge is -2.20. The molecule has 0 bridgehead atoms. The van der Waals surface area contributed by atoms with E-state index in [-0.39, 0.29) is 23.5 Å². The Bertz CT molecular complexity index is 471. The SMILES string of the molecule is CNS(=O)(=O)c1ccc(NC(C)C(C)CO)cc1. The van der Waals surface area contributed by atoms with Crippen molar-refractivity contribution in [3.8, 4) is 0 Å². The Hall–Kier alpha value is -1.11. The minimum absolute atomic E-state index is 0.111. The van der Waals surface area contributed by atoms with Crippen LogP contribution in [0.25, 0.3) is 0 Å². The van der Waals surface area contributed by atoms with Crippen LogP contribution in [0.1, 0.15) is 13.8 Å². The van der Waals surface area contributed by atoms with Crippen molar-refractivity contribution >= 4 is 15.7 Å². The molecule has 6 heteroatoms. The lowest BCUT2D eigenvalue weighted by molar-refractivity contribution is 0.226. The maximum absolute atomic E-state index is 11.5. The zero-order valence-corrected chi connectivity index (χ0v) is 11.7. The van der Waals surface area contributed by atoms with Gasteiger partial charge in [0.1, 0.15) is 0 Å². The fraction of sp³-hybridized carbons (Fsp3) is 0.500. The first-order valence-electron chi connectivity index (χ1n) is 5.81. The van der Waals surface area contributed by atoms with Crippen LogP contribution in [0.3, 0.4) is 0 Å². The van der Waals surface area contributed by atoms with Crippen molar-refractivity contribution < 1.29 is 13.5 Å². The van der Waals surface area contributed by atoms with E-state index < -0.39 is 10.0 Å². The summed E-state index contributed by atoms with van der Waals surface area (Å²) in [5.74, 6) is 0.130. The molecule has 0 aliphatic rings. The molecule has 0 amide bonds. The van der Waals surface area contributed by atoms with Crippen molar-refractivity contribution in [3.63, 3.8) is 0 Å². The molecule has 1 rings (SSSR count). The zero-order chi connectivity index (χ0) is 13.8. The van der Waals surface area contributed by atoms with Crippen LogP contribution in [0.2, 0.25) is 0 Å². The second kappa shape index (κ2) is 6.17. The molecule has 0 aliphatic heterocycles. The molecule has 3 N–H and O–H groups in total.